The first kappa shape index (κ1) is 16.0. The van der Waals surface area contributed by atoms with E-state index in [0.717, 1.165) is 37.7 Å². The zero-order valence-corrected chi connectivity index (χ0v) is 12.5. The maximum absolute atomic E-state index is 10.5. The van der Waals surface area contributed by atoms with Gasteiger partial charge >= 0.3 is 5.97 Å². The molecule has 0 amide bonds. The molecule has 1 rings (SSSR count). The van der Waals surface area contributed by atoms with Crippen molar-refractivity contribution in [1.29, 1.82) is 0 Å². The summed E-state index contributed by atoms with van der Waals surface area (Å²) in [5.41, 5.74) is 2.42. The van der Waals surface area contributed by atoms with Gasteiger partial charge in [0.1, 0.15) is 0 Å². The van der Waals surface area contributed by atoms with E-state index >= 15 is 0 Å². The van der Waals surface area contributed by atoms with E-state index in [1.165, 1.54) is 11.6 Å². The third-order valence-corrected chi connectivity index (χ3v) is 3.94. The summed E-state index contributed by atoms with van der Waals surface area (Å²) in [5.74, 6) is -0.858. The molecule has 1 aliphatic heterocycles. The Morgan fingerprint density at radius 2 is 2.00 bits per heavy atom. The number of ether oxygens (including phenoxy) is 1. The normalized spacial score (nSPS) is 27.5. The number of carboxylic acid groups (broad SMARTS) is 1. The van der Waals surface area contributed by atoms with Crippen LogP contribution in [0.25, 0.3) is 0 Å². The minimum Gasteiger partial charge on any atom is -0.478 e. The molecule has 1 heterocycles. The number of allylic oxidation sites excluding steroid dienone is 3. The standard InChI is InChI=1S/C16H26O3/c1-5-16(4)14(19-16)10-9-12(2)7-6-8-13(3)11-15(17)18/h7,11,14H,5-6,8-10H2,1-4H3,(H,17,18)/b12-7+,13-11+/t14-,16-/m1/s1. The molecule has 0 aromatic rings. The number of carbonyl (C=O) groups is 1. The van der Waals surface area contributed by atoms with Gasteiger partial charge in [-0.05, 0) is 52.9 Å². The average molecular weight is 266 g/mol. The largest absolute Gasteiger partial charge is 0.478 e. The average Bonchev–Trinajstić information content (AvgIpc) is 2.98. The van der Waals surface area contributed by atoms with Crippen molar-refractivity contribution < 1.29 is 14.6 Å². The predicted octanol–water partition coefficient (Wildman–Crippen LogP) is 4.09. The molecule has 1 fully saturated rings. The SMILES string of the molecule is CC[C@@]1(C)O[C@@H]1CC/C(C)=C/CC/C(C)=C/C(=O)O. The van der Waals surface area contributed by atoms with Crippen molar-refractivity contribution in [3.63, 3.8) is 0 Å². The van der Waals surface area contributed by atoms with Gasteiger partial charge in [0.2, 0.25) is 0 Å². The molecule has 3 nitrogen and oxygen atoms in total. The van der Waals surface area contributed by atoms with Gasteiger partial charge in [0.25, 0.3) is 0 Å². The van der Waals surface area contributed by atoms with E-state index in [-0.39, 0.29) is 5.60 Å². The Kier molecular flexibility index (Phi) is 5.80. The first-order valence-electron chi connectivity index (χ1n) is 7.11. The van der Waals surface area contributed by atoms with Gasteiger partial charge in [-0.15, -0.1) is 0 Å². The van der Waals surface area contributed by atoms with Crippen LogP contribution in [0.1, 0.15) is 59.8 Å². The molecule has 1 saturated heterocycles. The monoisotopic (exact) mass is 266 g/mol. The van der Waals surface area contributed by atoms with Crippen LogP contribution >= 0.6 is 0 Å². The number of hydrogen-bond donors (Lipinski definition) is 1. The van der Waals surface area contributed by atoms with Crippen molar-refractivity contribution >= 4 is 5.97 Å². The summed E-state index contributed by atoms with van der Waals surface area (Å²) in [4.78, 5) is 10.5. The topological polar surface area (TPSA) is 49.8 Å². The zero-order chi connectivity index (χ0) is 14.5. The molecule has 0 aromatic heterocycles. The van der Waals surface area contributed by atoms with Crippen LogP contribution in [-0.4, -0.2) is 22.8 Å². The lowest BCUT2D eigenvalue weighted by Gasteiger charge is -2.03. The molecule has 1 N–H and O–H groups in total. The Morgan fingerprint density at radius 1 is 1.32 bits per heavy atom. The lowest BCUT2D eigenvalue weighted by atomic mass is 9.99. The van der Waals surface area contributed by atoms with Crippen LogP contribution in [0.3, 0.4) is 0 Å². The highest BCUT2D eigenvalue weighted by Gasteiger charge is 2.49. The maximum atomic E-state index is 10.5. The molecular weight excluding hydrogens is 240 g/mol. The minimum atomic E-state index is -0.858. The highest BCUT2D eigenvalue weighted by molar-refractivity contribution is 5.80. The summed E-state index contributed by atoms with van der Waals surface area (Å²) in [6.07, 6.45) is 8.90. The molecule has 0 aliphatic carbocycles. The van der Waals surface area contributed by atoms with Crippen molar-refractivity contribution in [3.05, 3.63) is 23.3 Å². The predicted molar refractivity (Wildman–Crippen MR) is 77.2 cm³/mol. The smallest absolute Gasteiger partial charge is 0.328 e. The van der Waals surface area contributed by atoms with E-state index in [1.807, 2.05) is 6.92 Å². The zero-order valence-electron chi connectivity index (χ0n) is 12.5. The van der Waals surface area contributed by atoms with Gasteiger partial charge in [-0.1, -0.05) is 24.1 Å². The van der Waals surface area contributed by atoms with Crippen molar-refractivity contribution in [2.45, 2.75) is 71.5 Å². The number of hydrogen-bond acceptors (Lipinski definition) is 2. The molecule has 0 aromatic carbocycles. The Hall–Kier alpha value is -1.09. The quantitative estimate of drug-likeness (QED) is 0.409. The summed E-state index contributed by atoms with van der Waals surface area (Å²) < 4.78 is 5.69. The first-order valence-corrected chi connectivity index (χ1v) is 7.11. The van der Waals surface area contributed by atoms with Crippen molar-refractivity contribution in [2.75, 3.05) is 0 Å². The summed E-state index contributed by atoms with van der Waals surface area (Å²) in [6.45, 7) is 8.35. The van der Waals surface area contributed by atoms with Gasteiger partial charge in [0, 0.05) is 6.08 Å². The van der Waals surface area contributed by atoms with Gasteiger partial charge in [-0.3, -0.25) is 0 Å². The molecule has 0 radical (unpaired) electrons. The number of epoxide rings is 1. The summed E-state index contributed by atoms with van der Waals surface area (Å²) in [5, 5.41) is 8.61. The lowest BCUT2D eigenvalue weighted by molar-refractivity contribution is -0.131. The van der Waals surface area contributed by atoms with E-state index in [1.54, 1.807) is 0 Å². The number of rotatable bonds is 8. The van der Waals surface area contributed by atoms with Crippen LogP contribution in [0, 0.1) is 0 Å². The molecule has 1 aliphatic rings. The van der Waals surface area contributed by atoms with Gasteiger partial charge in [-0.2, -0.15) is 0 Å². The molecule has 0 spiro atoms. The molecule has 0 unspecified atom stereocenters. The maximum Gasteiger partial charge on any atom is 0.328 e. The second-order valence-electron chi connectivity index (χ2n) is 5.73. The molecule has 2 atom stereocenters. The summed E-state index contributed by atoms with van der Waals surface area (Å²) in [7, 11) is 0. The van der Waals surface area contributed by atoms with E-state index in [4.69, 9.17) is 9.84 Å². The fourth-order valence-electron chi connectivity index (χ4n) is 2.26. The van der Waals surface area contributed by atoms with E-state index in [9.17, 15) is 4.79 Å². The minimum absolute atomic E-state index is 0.126. The highest BCUT2D eigenvalue weighted by Crippen LogP contribution is 2.42. The Labute approximate surface area is 116 Å². The lowest BCUT2D eigenvalue weighted by Crippen LogP contribution is -2.07. The first-order chi connectivity index (χ1) is 8.87. The fourth-order valence-corrected chi connectivity index (χ4v) is 2.26. The molecule has 0 bridgehead atoms. The van der Waals surface area contributed by atoms with Crippen LogP contribution in [0.4, 0.5) is 0 Å². The fraction of sp³-hybridized carbons (Fsp3) is 0.688. The van der Waals surface area contributed by atoms with E-state index < -0.39 is 5.97 Å². The van der Waals surface area contributed by atoms with Crippen LogP contribution in [0.15, 0.2) is 23.3 Å². The molecule has 108 valence electrons. The third kappa shape index (κ3) is 5.60. The molecule has 19 heavy (non-hydrogen) atoms. The van der Waals surface area contributed by atoms with Crippen molar-refractivity contribution in [1.82, 2.24) is 0 Å². The second kappa shape index (κ2) is 6.90. The molecule has 3 heteroatoms. The van der Waals surface area contributed by atoms with E-state index in [0.29, 0.717) is 6.10 Å². The van der Waals surface area contributed by atoms with Gasteiger partial charge < -0.3 is 9.84 Å². The van der Waals surface area contributed by atoms with Crippen LogP contribution < -0.4 is 0 Å². The Balaban J connectivity index is 2.21. The third-order valence-electron chi connectivity index (χ3n) is 3.94. The van der Waals surface area contributed by atoms with Crippen LogP contribution in [-0.2, 0) is 9.53 Å². The van der Waals surface area contributed by atoms with Crippen molar-refractivity contribution in [3.8, 4) is 0 Å². The number of aliphatic carboxylic acids is 1. The van der Waals surface area contributed by atoms with Gasteiger partial charge in [0.05, 0.1) is 11.7 Å². The van der Waals surface area contributed by atoms with Crippen molar-refractivity contribution in [2.24, 2.45) is 0 Å². The Morgan fingerprint density at radius 3 is 2.53 bits per heavy atom. The highest BCUT2D eigenvalue weighted by atomic mass is 16.6. The van der Waals surface area contributed by atoms with Gasteiger partial charge in [0.15, 0.2) is 0 Å². The second-order valence-corrected chi connectivity index (χ2v) is 5.73. The van der Waals surface area contributed by atoms with Gasteiger partial charge in [-0.25, -0.2) is 4.79 Å². The number of carboxylic acids is 1. The molecule has 0 saturated carbocycles. The van der Waals surface area contributed by atoms with Crippen LogP contribution in [0.2, 0.25) is 0 Å². The van der Waals surface area contributed by atoms with Crippen LogP contribution in [0.5, 0.6) is 0 Å². The van der Waals surface area contributed by atoms with E-state index in [2.05, 4.69) is 26.8 Å². The molecular formula is C16H26O3. The summed E-state index contributed by atoms with van der Waals surface area (Å²) in [6, 6.07) is 0. The Bertz CT molecular complexity index is 381. The summed E-state index contributed by atoms with van der Waals surface area (Å²) >= 11 is 0.